The lowest BCUT2D eigenvalue weighted by molar-refractivity contribution is 0.453. The van der Waals surface area contributed by atoms with E-state index in [1.54, 1.807) is 0 Å². The highest BCUT2D eigenvalue weighted by Crippen LogP contribution is 2.20. The number of allylic oxidation sites excluding steroid dienone is 1. The number of halogens is 1. The summed E-state index contributed by atoms with van der Waals surface area (Å²) >= 11 is 6.20. The summed E-state index contributed by atoms with van der Waals surface area (Å²) in [5, 5.41) is 0.904. The van der Waals surface area contributed by atoms with Gasteiger partial charge >= 0.3 is 0 Å². The van der Waals surface area contributed by atoms with Crippen LogP contribution in [0.1, 0.15) is 12.5 Å². The van der Waals surface area contributed by atoms with Crippen LogP contribution in [0.3, 0.4) is 0 Å². The van der Waals surface area contributed by atoms with Crippen molar-refractivity contribution < 1.29 is 0 Å². The first-order valence-electron chi connectivity index (χ1n) is 4.66. The summed E-state index contributed by atoms with van der Waals surface area (Å²) in [6, 6.07) is 10.2. The van der Waals surface area contributed by atoms with E-state index in [2.05, 4.69) is 24.0 Å². The van der Waals surface area contributed by atoms with Gasteiger partial charge < -0.3 is 4.90 Å². The molecule has 0 aromatic heterocycles. The molecule has 1 rings (SSSR count). The van der Waals surface area contributed by atoms with Gasteiger partial charge in [0, 0.05) is 11.6 Å². The van der Waals surface area contributed by atoms with Crippen molar-refractivity contribution in [1.29, 1.82) is 0 Å². The zero-order chi connectivity index (χ0) is 10.6. The Morgan fingerprint density at radius 2 is 1.79 bits per heavy atom. The molecule has 2 heteroatoms. The van der Waals surface area contributed by atoms with Gasteiger partial charge in [-0.25, -0.2) is 0 Å². The number of hydrogen-bond donors (Lipinski definition) is 0. The molecule has 0 heterocycles. The molecule has 0 aliphatic heterocycles. The number of benzene rings is 1. The van der Waals surface area contributed by atoms with Gasteiger partial charge in [-0.15, -0.1) is 0 Å². The molecule has 1 aromatic rings. The van der Waals surface area contributed by atoms with Crippen molar-refractivity contribution in [3.05, 3.63) is 40.9 Å². The molecule has 0 bridgehead atoms. The Balaban J connectivity index is 2.87. The number of rotatable bonds is 3. The molecule has 0 radical (unpaired) electrons. The van der Waals surface area contributed by atoms with Gasteiger partial charge in [-0.2, -0.15) is 0 Å². The highest BCUT2D eigenvalue weighted by Gasteiger charge is 2.02. The molecule has 0 saturated carbocycles. The van der Waals surface area contributed by atoms with E-state index in [1.807, 2.05) is 32.3 Å². The summed E-state index contributed by atoms with van der Waals surface area (Å²) in [4.78, 5) is 2.06. The zero-order valence-corrected chi connectivity index (χ0v) is 9.67. The van der Waals surface area contributed by atoms with Gasteiger partial charge in [0.25, 0.3) is 0 Å². The minimum absolute atomic E-state index is 0.794. The minimum Gasteiger partial charge on any atom is -0.304 e. The SMILES string of the molecule is C/C(=C(/Cl)CN(C)C)c1ccccc1. The van der Waals surface area contributed by atoms with Crippen LogP contribution in [-0.4, -0.2) is 25.5 Å². The zero-order valence-electron chi connectivity index (χ0n) is 8.92. The Bertz CT molecular complexity index is 314. The summed E-state index contributed by atoms with van der Waals surface area (Å²) in [7, 11) is 4.03. The van der Waals surface area contributed by atoms with Crippen molar-refractivity contribution in [1.82, 2.24) is 4.90 Å². The van der Waals surface area contributed by atoms with Gasteiger partial charge in [0.05, 0.1) is 0 Å². The normalized spacial score (nSPS) is 12.9. The van der Waals surface area contributed by atoms with Crippen LogP contribution in [-0.2, 0) is 0 Å². The molecule has 14 heavy (non-hydrogen) atoms. The number of likely N-dealkylation sites (N-methyl/N-ethyl adjacent to an activating group) is 1. The second kappa shape index (κ2) is 5.18. The van der Waals surface area contributed by atoms with Crippen LogP contribution in [0.15, 0.2) is 35.4 Å². The summed E-state index contributed by atoms with van der Waals surface area (Å²) in [5.74, 6) is 0. The third-order valence-corrected chi connectivity index (χ3v) is 2.47. The van der Waals surface area contributed by atoms with Crippen molar-refractivity contribution in [2.24, 2.45) is 0 Å². The molecule has 1 aromatic carbocycles. The lowest BCUT2D eigenvalue weighted by atomic mass is 10.1. The first-order valence-corrected chi connectivity index (χ1v) is 5.04. The maximum absolute atomic E-state index is 6.20. The van der Waals surface area contributed by atoms with Crippen LogP contribution in [0.25, 0.3) is 5.57 Å². The van der Waals surface area contributed by atoms with Crippen molar-refractivity contribution in [2.75, 3.05) is 20.6 Å². The van der Waals surface area contributed by atoms with E-state index in [9.17, 15) is 0 Å². The fraction of sp³-hybridized carbons (Fsp3) is 0.333. The molecule has 76 valence electrons. The third kappa shape index (κ3) is 3.17. The van der Waals surface area contributed by atoms with E-state index < -0.39 is 0 Å². The van der Waals surface area contributed by atoms with Crippen LogP contribution in [0.5, 0.6) is 0 Å². The molecule has 0 N–H and O–H groups in total. The molecule has 0 fully saturated rings. The molecule has 1 nitrogen and oxygen atoms in total. The average Bonchev–Trinajstić information content (AvgIpc) is 2.17. The largest absolute Gasteiger partial charge is 0.304 e. The lowest BCUT2D eigenvalue weighted by Crippen LogP contribution is -2.13. The van der Waals surface area contributed by atoms with Gasteiger partial charge in [0.15, 0.2) is 0 Å². The average molecular weight is 210 g/mol. The van der Waals surface area contributed by atoms with Crippen LogP contribution in [0.2, 0.25) is 0 Å². The van der Waals surface area contributed by atoms with Crippen LogP contribution >= 0.6 is 11.6 Å². The van der Waals surface area contributed by atoms with Crippen molar-refractivity contribution >= 4 is 17.2 Å². The first-order chi connectivity index (χ1) is 6.61. The molecule has 0 amide bonds. The minimum atomic E-state index is 0.794. The van der Waals surface area contributed by atoms with Gasteiger partial charge in [-0.05, 0) is 32.2 Å². The maximum Gasteiger partial charge on any atom is 0.0356 e. The van der Waals surface area contributed by atoms with Crippen LogP contribution in [0.4, 0.5) is 0 Å². The van der Waals surface area contributed by atoms with Gasteiger partial charge in [-0.1, -0.05) is 41.9 Å². The summed E-state index contributed by atoms with van der Waals surface area (Å²) in [5.41, 5.74) is 2.35. The van der Waals surface area contributed by atoms with Gasteiger partial charge in [0.2, 0.25) is 0 Å². The Kier molecular flexibility index (Phi) is 4.18. The second-order valence-corrected chi connectivity index (χ2v) is 4.09. The van der Waals surface area contributed by atoms with Crippen LogP contribution in [0, 0.1) is 0 Å². The number of nitrogens with zero attached hydrogens (tertiary/aromatic N) is 1. The molecule has 0 atom stereocenters. The van der Waals surface area contributed by atoms with Crippen LogP contribution < -0.4 is 0 Å². The monoisotopic (exact) mass is 209 g/mol. The Hall–Kier alpha value is -0.790. The van der Waals surface area contributed by atoms with Crippen molar-refractivity contribution in [2.45, 2.75) is 6.92 Å². The Morgan fingerprint density at radius 3 is 2.29 bits per heavy atom. The molecule has 0 spiro atoms. The lowest BCUT2D eigenvalue weighted by Gasteiger charge is -2.11. The highest BCUT2D eigenvalue weighted by atomic mass is 35.5. The molecular weight excluding hydrogens is 194 g/mol. The Labute approximate surface area is 91.0 Å². The van der Waals surface area contributed by atoms with Crippen molar-refractivity contribution in [3.63, 3.8) is 0 Å². The molecule has 0 saturated heterocycles. The van der Waals surface area contributed by atoms with Gasteiger partial charge in [-0.3, -0.25) is 0 Å². The number of hydrogen-bond acceptors (Lipinski definition) is 1. The fourth-order valence-electron chi connectivity index (χ4n) is 1.24. The summed E-state index contributed by atoms with van der Waals surface area (Å²) in [6.07, 6.45) is 0. The van der Waals surface area contributed by atoms with E-state index in [1.165, 1.54) is 5.56 Å². The quantitative estimate of drug-likeness (QED) is 0.739. The molecule has 0 aliphatic carbocycles. The van der Waals surface area contributed by atoms with Crippen molar-refractivity contribution in [3.8, 4) is 0 Å². The molecule has 0 unspecified atom stereocenters. The van der Waals surface area contributed by atoms with E-state index in [4.69, 9.17) is 11.6 Å². The summed E-state index contributed by atoms with van der Waals surface area (Å²) < 4.78 is 0. The predicted octanol–water partition coefficient (Wildman–Crippen LogP) is 3.22. The molecule has 0 aliphatic rings. The fourth-order valence-corrected chi connectivity index (χ4v) is 1.59. The topological polar surface area (TPSA) is 3.24 Å². The van der Waals surface area contributed by atoms with E-state index >= 15 is 0 Å². The highest BCUT2D eigenvalue weighted by molar-refractivity contribution is 6.32. The second-order valence-electron chi connectivity index (χ2n) is 3.63. The standard InChI is InChI=1S/C12H16ClN/c1-10(12(13)9-14(2)3)11-7-5-4-6-8-11/h4-8H,9H2,1-3H3/b12-10-. The predicted molar refractivity (Wildman–Crippen MR) is 63.4 cm³/mol. The smallest absolute Gasteiger partial charge is 0.0356 e. The Morgan fingerprint density at radius 1 is 1.21 bits per heavy atom. The first kappa shape index (κ1) is 11.3. The van der Waals surface area contributed by atoms with E-state index in [-0.39, 0.29) is 0 Å². The molecular formula is C12H16ClN. The van der Waals surface area contributed by atoms with E-state index in [0.717, 1.165) is 17.2 Å². The maximum atomic E-state index is 6.20. The van der Waals surface area contributed by atoms with E-state index in [0.29, 0.717) is 0 Å². The summed E-state index contributed by atoms with van der Waals surface area (Å²) in [6.45, 7) is 2.85. The van der Waals surface area contributed by atoms with Gasteiger partial charge in [0.1, 0.15) is 0 Å². The third-order valence-electron chi connectivity index (χ3n) is 2.07.